The van der Waals surface area contributed by atoms with Crippen molar-refractivity contribution in [3.63, 3.8) is 0 Å². The van der Waals surface area contributed by atoms with Crippen molar-refractivity contribution in [2.75, 3.05) is 6.61 Å². The van der Waals surface area contributed by atoms with Crippen LogP contribution in [0.3, 0.4) is 0 Å². The molecule has 0 aromatic carbocycles. The van der Waals surface area contributed by atoms with Gasteiger partial charge in [0, 0.05) is 17.9 Å². The smallest absolute Gasteiger partial charge is 0.340 e. The lowest BCUT2D eigenvalue weighted by molar-refractivity contribution is -0.133. The van der Waals surface area contributed by atoms with Crippen LogP contribution in [-0.4, -0.2) is 39.6 Å². The van der Waals surface area contributed by atoms with E-state index in [1.54, 1.807) is 6.07 Å². The molecule has 2 heterocycles. The van der Waals surface area contributed by atoms with Crippen LogP contribution in [0.1, 0.15) is 74.3 Å². The van der Waals surface area contributed by atoms with Gasteiger partial charge in [-0.3, -0.25) is 4.79 Å². The standard InChI is InChI=1S/C21H25N3O4/c1-13(2)19-17-10-14(11-22-20(17)28-23-19)21(26)27-12-18(25)24(16-8-9-16)15-6-4-3-5-7-15/h6,10-11,13,16H,3-5,7-9,12H2,1-2H3. The number of pyridine rings is 1. The highest BCUT2D eigenvalue weighted by molar-refractivity contribution is 5.94. The minimum Gasteiger partial charge on any atom is -0.452 e. The Morgan fingerprint density at radius 1 is 1.32 bits per heavy atom. The molecule has 2 aromatic heterocycles. The van der Waals surface area contributed by atoms with E-state index < -0.39 is 5.97 Å². The number of carbonyl (C=O) groups is 2. The Labute approximate surface area is 163 Å². The molecule has 0 radical (unpaired) electrons. The zero-order chi connectivity index (χ0) is 19.7. The number of aromatic nitrogens is 2. The van der Waals surface area contributed by atoms with Crippen LogP contribution in [0.25, 0.3) is 11.1 Å². The summed E-state index contributed by atoms with van der Waals surface area (Å²) in [4.78, 5) is 31.2. The van der Waals surface area contributed by atoms with Gasteiger partial charge in [0.05, 0.1) is 16.6 Å². The summed E-state index contributed by atoms with van der Waals surface area (Å²) in [5.74, 6) is -0.565. The van der Waals surface area contributed by atoms with E-state index in [2.05, 4.69) is 16.2 Å². The predicted octanol–water partition coefficient (Wildman–Crippen LogP) is 3.95. The molecule has 0 saturated heterocycles. The third kappa shape index (κ3) is 3.79. The maximum atomic E-state index is 12.7. The second-order valence-electron chi connectivity index (χ2n) is 7.81. The van der Waals surface area contributed by atoms with Gasteiger partial charge in [-0.05, 0) is 50.5 Å². The molecule has 1 amide bonds. The highest BCUT2D eigenvalue weighted by Crippen LogP contribution is 2.33. The molecule has 2 aliphatic carbocycles. The van der Waals surface area contributed by atoms with E-state index in [-0.39, 0.29) is 24.5 Å². The van der Waals surface area contributed by atoms with E-state index in [1.165, 1.54) is 12.6 Å². The maximum Gasteiger partial charge on any atom is 0.340 e. The van der Waals surface area contributed by atoms with Crippen LogP contribution in [0.2, 0.25) is 0 Å². The number of esters is 1. The van der Waals surface area contributed by atoms with Gasteiger partial charge < -0.3 is 14.2 Å². The largest absolute Gasteiger partial charge is 0.452 e. The van der Waals surface area contributed by atoms with Crippen molar-refractivity contribution in [2.24, 2.45) is 0 Å². The molecule has 0 unspecified atom stereocenters. The van der Waals surface area contributed by atoms with Crippen molar-refractivity contribution in [3.05, 3.63) is 35.3 Å². The molecule has 28 heavy (non-hydrogen) atoms. The Morgan fingerprint density at radius 2 is 2.14 bits per heavy atom. The molecular formula is C21H25N3O4. The first-order valence-electron chi connectivity index (χ1n) is 9.98. The molecule has 0 bridgehead atoms. The lowest BCUT2D eigenvalue weighted by Gasteiger charge is -2.27. The summed E-state index contributed by atoms with van der Waals surface area (Å²) in [6, 6.07) is 1.93. The third-order valence-electron chi connectivity index (χ3n) is 5.22. The van der Waals surface area contributed by atoms with Crippen molar-refractivity contribution in [1.29, 1.82) is 0 Å². The number of allylic oxidation sites excluding steroid dienone is 2. The molecule has 2 aliphatic rings. The van der Waals surface area contributed by atoms with Gasteiger partial charge in [-0.1, -0.05) is 25.1 Å². The quantitative estimate of drug-likeness (QED) is 0.702. The molecule has 0 atom stereocenters. The average Bonchev–Trinajstić information content (AvgIpc) is 3.43. The summed E-state index contributed by atoms with van der Waals surface area (Å²) >= 11 is 0. The van der Waals surface area contributed by atoms with E-state index in [4.69, 9.17) is 9.26 Å². The SMILES string of the molecule is CC(C)c1noc2ncc(C(=O)OCC(=O)N(C3=CCCCC3)C3CC3)cc12. The van der Waals surface area contributed by atoms with Crippen LogP contribution in [-0.2, 0) is 9.53 Å². The molecule has 2 aromatic rings. The Hall–Kier alpha value is -2.70. The second kappa shape index (κ2) is 7.73. The van der Waals surface area contributed by atoms with E-state index in [0.717, 1.165) is 43.5 Å². The number of ether oxygens (including phenoxy) is 1. The van der Waals surface area contributed by atoms with Crippen LogP contribution in [0.4, 0.5) is 0 Å². The summed E-state index contributed by atoms with van der Waals surface area (Å²) in [5.41, 5.74) is 2.52. The van der Waals surface area contributed by atoms with Gasteiger partial charge in [0.2, 0.25) is 0 Å². The van der Waals surface area contributed by atoms with Gasteiger partial charge in [0.25, 0.3) is 11.6 Å². The number of hydrogen-bond acceptors (Lipinski definition) is 6. The highest BCUT2D eigenvalue weighted by Gasteiger charge is 2.35. The van der Waals surface area contributed by atoms with Crippen molar-refractivity contribution in [2.45, 2.75) is 64.3 Å². The number of hydrogen-bond donors (Lipinski definition) is 0. The highest BCUT2D eigenvalue weighted by atomic mass is 16.5. The van der Waals surface area contributed by atoms with Crippen LogP contribution >= 0.6 is 0 Å². The first kappa shape index (κ1) is 18.7. The van der Waals surface area contributed by atoms with Gasteiger partial charge >= 0.3 is 5.97 Å². The summed E-state index contributed by atoms with van der Waals surface area (Å²) in [7, 11) is 0. The predicted molar refractivity (Wildman–Crippen MR) is 103 cm³/mol. The lowest BCUT2D eigenvalue weighted by Crippen LogP contribution is -2.36. The number of rotatable bonds is 6. The number of amides is 1. The Kier molecular flexibility index (Phi) is 5.15. The fraction of sp³-hybridized carbons (Fsp3) is 0.524. The average molecular weight is 383 g/mol. The first-order chi connectivity index (χ1) is 13.5. The zero-order valence-electron chi connectivity index (χ0n) is 16.3. The molecule has 148 valence electrons. The van der Waals surface area contributed by atoms with Crippen molar-refractivity contribution < 1.29 is 18.8 Å². The fourth-order valence-corrected chi connectivity index (χ4v) is 3.63. The summed E-state index contributed by atoms with van der Waals surface area (Å²) in [6.07, 6.45) is 9.78. The minimum atomic E-state index is -0.563. The third-order valence-corrected chi connectivity index (χ3v) is 5.22. The molecule has 0 spiro atoms. The van der Waals surface area contributed by atoms with E-state index in [9.17, 15) is 9.59 Å². The monoisotopic (exact) mass is 383 g/mol. The van der Waals surface area contributed by atoms with Crippen molar-refractivity contribution in [3.8, 4) is 0 Å². The topological polar surface area (TPSA) is 85.5 Å². The summed E-state index contributed by atoms with van der Waals surface area (Å²) in [6.45, 7) is 3.73. The van der Waals surface area contributed by atoms with Gasteiger partial charge in [0.15, 0.2) is 6.61 Å². The molecule has 7 heteroatoms. The molecule has 0 aliphatic heterocycles. The normalized spacial score (nSPS) is 16.9. The van der Waals surface area contributed by atoms with Crippen LogP contribution in [0.5, 0.6) is 0 Å². The van der Waals surface area contributed by atoms with Gasteiger partial charge in [-0.15, -0.1) is 0 Å². The first-order valence-corrected chi connectivity index (χ1v) is 9.98. The molecular weight excluding hydrogens is 358 g/mol. The summed E-state index contributed by atoms with van der Waals surface area (Å²) in [5, 5.41) is 4.71. The van der Waals surface area contributed by atoms with Gasteiger partial charge in [0.1, 0.15) is 0 Å². The number of fused-ring (bicyclic) bond motifs is 1. The molecule has 7 nitrogen and oxygen atoms in total. The van der Waals surface area contributed by atoms with E-state index in [0.29, 0.717) is 16.7 Å². The van der Waals surface area contributed by atoms with E-state index in [1.807, 2.05) is 18.7 Å². The fourth-order valence-electron chi connectivity index (χ4n) is 3.63. The second-order valence-corrected chi connectivity index (χ2v) is 7.81. The molecule has 0 N–H and O–H groups in total. The number of nitrogens with zero attached hydrogens (tertiary/aromatic N) is 3. The lowest BCUT2D eigenvalue weighted by atomic mass is 10.0. The van der Waals surface area contributed by atoms with E-state index >= 15 is 0 Å². The van der Waals surface area contributed by atoms with Crippen molar-refractivity contribution in [1.82, 2.24) is 15.0 Å². The Bertz CT molecular complexity index is 927. The van der Waals surface area contributed by atoms with Crippen LogP contribution in [0.15, 0.2) is 28.6 Å². The Balaban J connectivity index is 1.44. The van der Waals surface area contributed by atoms with Crippen LogP contribution in [0, 0.1) is 0 Å². The Morgan fingerprint density at radius 3 is 2.82 bits per heavy atom. The number of carbonyl (C=O) groups excluding carboxylic acids is 2. The van der Waals surface area contributed by atoms with Crippen LogP contribution < -0.4 is 0 Å². The van der Waals surface area contributed by atoms with Gasteiger partial charge in [-0.2, -0.15) is 0 Å². The minimum absolute atomic E-state index is 0.145. The molecule has 1 fully saturated rings. The maximum absolute atomic E-state index is 12.7. The summed E-state index contributed by atoms with van der Waals surface area (Å²) < 4.78 is 10.5. The van der Waals surface area contributed by atoms with Crippen molar-refractivity contribution >= 4 is 23.0 Å². The zero-order valence-corrected chi connectivity index (χ0v) is 16.3. The molecule has 4 rings (SSSR count). The van der Waals surface area contributed by atoms with Gasteiger partial charge in [-0.25, -0.2) is 9.78 Å². The molecule has 1 saturated carbocycles.